The Bertz CT molecular complexity index is 626. The Hall–Kier alpha value is -1.86. The molecule has 2 aromatic carbocycles. The minimum atomic E-state index is 0.0109. The minimum absolute atomic E-state index is 0.0109. The number of rotatable bonds is 1. The van der Waals surface area contributed by atoms with Gasteiger partial charge in [0.2, 0.25) is 0 Å². The average Bonchev–Trinajstić information content (AvgIpc) is 2.64. The summed E-state index contributed by atoms with van der Waals surface area (Å²) in [5.41, 5.74) is 3.00. The second-order valence-corrected chi connectivity index (χ2v) is 4.31. The van der Waals surface area contributed by atoms with Gasteiger partial charge in [0.05, 0.1) is 5.03 Å². The molecule has 0 fully saturated rings. The van der Waals surface area contributed by atoms with E-state index in [1.807, 2.05) is 54.6 Å². The summed E-state index contributed by atoms with van der Waals surface area (Å²) in [4.78, 5) is 12.3. The molecule has 0 atom stereocenters. The third kappa shape index (κ3) is 1.51. The smallest absolute Gasteiger partial charge is 0.195 e. The van der Waals surface area contributed by atoms with Crippen LogP contribution < -0.4 is 0 Å². The summed E-state index contributed by atoms with van der Waals surface area (Å²) < 4.78 is 0. The van der Waals surface area contributed by atoms with E-state index >= 15 is 0 Å². The van der Waals surface area contributed by atoms with E-state index in [4.69, 9.17) is 11.6 Å². The summed E-state index contributed by atoms with van der Waals surface area (Å²) in [6, 6.07) is 17.0. The van der Waals surface area contributed by atoms with Crippen LogP contribution in [-0.2, 0) is 0 Å². The minimum Gasteiger partial charge on any atom is -0.289 e. The molecule has 2 aromatic rings. The highest BCUT2D eigenvalue weighted by atomic mass is 35.5. The SMILES string of the molecule is O=C1C(c2ccccc2)=C(Cl)c2ccccc21. The fraction of sp³-hybridized carbons (Fsp3) is 0. The highest BCUT2D eigenvalue weighted by Gasteiger charge is 2.28. The van der Waals surface area contributed by atoms with Crippen LogP contribution in [0.3, 0.4) is 0 Å². The number of hydrogen-bond acceptors (Lipinski definition) is 1. The molecule has 0 amide bonds. The number of hydrogen-bond donors (Lipinski definition) is 0. The van der Waals surface area contributed by atoms with E-state index in [0.717, 1.165) is 11.1 Å². The van der Waals surface area contributed by atoms with Crippen molar-refractivity contribution in [3.8, 4) is 0 Å². The topological polar surface area (TPSA) is 17.1 Å². The van der Waals surface area contributed by atoms with Gasteiger partial charge in [0.25, 0.3) is 0 Å². The van der Waals surface area contributed by atoms with E-state index in [-0.39, 0.29) is 5.78 Å². The van der Waals surface area contributed by atoms with E-state index in [1.165, 1.54) is 0 Å². The Balaban J connectivity index is 2.22. The van der Waals surface area contributed by atoms with Crippen molar-refractivity contribution >= 4 is 28.0 Å². The Kier molecular flexibility index (Phi) is 2.34. The fourth-order valence-electron chi connectivity index (χ4n) is 2.10. The van der Waals surface area contributed by atoms with Crippen molar-refractivity contribution in [1.82, 2.24) is 0 Å². The van der Waals surface area contributed by atoms with Gasteiger partial charge in [-0.15, -0.1) is 0 Å². The zero-order chi connectivity index (χ0) is 11.8. The Morgan fingerprint density at radius 1 is 0.765 bits per heavy atom. The van der Waals surface area contributed by atoms with Gasteiger partial charge in [0.1, 0.15) is 0 Å². The molecule has 0 spiro atoms. The predicted molar refractivity (Wildman–Crippen MR) is 69.9 cm³/mol. The lowest BCUT2D eigenvalue weighted by atomic mass is 10.0. The van der Waals surface area contributed by atoms with Crippen LogP contribution in [0, 0.1) is 0 Å². The molecule has 2 heteroatoms. The first-order valence-electron chi connectivity index (χ1n) is 5.38. The summed E-state index contributed by atoms with van der Waals surface area (Å²) in [7, 11) is 0. The molecule has 0 heterocycles. The molecule has 0 bridgehead atoms. The van der Waals surface area contributed by atoms with Gasteiger partial charge in [-0.3, -0.25) is 4.79 Å². The first-order valence-corrected chi connectivity index (χ1v) is 5.76. The van der Waals surface area contributed by atoms with Crippen LogP contribution in [0.15, 0.2) is 54.6 Å². The quantitative estimate of drug-likeness (QED) is 0.737. The highest BCUT2D eigenvalue weighted by molar-refractivity contribution is 6.62. The van der Waals surface area contributed by atoms with Crippen LogP contribution in [0.1, 0.15) is 21.5 Å². The normalized spacial score (nSPS) is 14.1. The second kappa shape index (κ2) is 3.86. The van der Waals surface area contributed by atoms with Gasteiger partial charge in [0.15, 0.2) is 5.78 Å². The maximum Gasteiger partial charge on any atom is 0.195 e. The van der Waals surface area contributed by atoms with E-state index in [9.17, 15) is 4.79 Å². The van der Waals surface area contributed by atoms with Crippen molar-refractivity contribution in [2.24, 2.45) is 0 Å². The first kappa shape index (κ1) is 10.3. The molecule has 0 unspecified atom stereocenters. The Morgan fingerprint density at radius 3 is 2.00 bits per heavy atom. The first-order chi connectivity index (χ1) is 8.29. The van der Waals surface area contributed by atoms with E-state index in [1.54, 1.807) is 0 Å². The number of carbonyl (C=O) groups excluding carboxylic acids is 1. The summed E-state index contributed by atoms with van der Waals surface area (Å²) in [6.45, 7) is 0. The van der Waals surface area contributed by atoms with E-state index in [2.05, 4.69) is 0 Å². The lowest BCUT2D eigenvalue weighted by Gasteiger charge is -2.00. The molecule has 17 heavy (non-hydrogen) atoms. The van der Waals surface area contributed by atoms with Crippen molar-refractivity contribution in [2.45, 2.75) is 0 Å². The maximum absolute atomic E-state index is 12.3. The number of fused-ring (bicyclic) bond motifs is 1. The molecular weight excluding hydrogens is 232 g/mol. The predicted octanol–water partition coefficient (Wildman–Crippen LogP) is 3.99. The van der Waals surface area contributed by atoms with Crippen molar-refractivity contribution in [3.63, 3.8) is 0 Å². The maximum atomic E-state index is 12.3. The second-order valence-electron chi connectivity index (χ2n) is 3.93. The van der Waals surface area contributed by atoms with Crippen LogP contribution in [-0.4, -0.2) is 5.78 Å². The third-order valence-electron chi connectivity index (χ3n) is 2.92. The number of allylic oxidation sites excluding steroid dienone is 1. The summed E-state index contributed by atoms with van der Waals surface area (Å²) in [5.74, 6) is 0.0109. The Labute approximate surface area is 104 Å². The van der Waals surface area contributed by atoms with Crippen molar-refractivity contribution in [2.75, 3.05) is 0 Å². The molecule has 1 nitrogen and oxygen atoms in total. The summed E-state index contributed by atoms with van der Waals surface area (Å²) >= 11 is 6.30. The van der Waals surface area contributed by atoms with Gasteiger partial charge < -0.3 is 0 Å². The van der Waals surface area contributed by atoms with Gasteiger partial charge in [-0.1, -0.05) is 66.2 Å². The zero-order valence-corrected chi connectivity index (χ0v) is 9.74. The van der Waals surface area contributed by atoms with Crippen molar-refractivity contribution < 1.29 is 4.79 Å². The molecule has 3 rings (SSSR count). The Morgan fingerprint density at radius 2 is 1.35 bits per heavy atom. The molecule has 1 aliphatic rings. The van der Waals surface area contributed by atoms with Gasteiger partial charge >= 0.3 is 0 Å². The van der Waals surface area contributed by atoms with Crippen LogP contribution in [0.4, 0.5) is 0 Å². The molecule has 0 N–H and O–H groups in total. The lowest BCUT2D eigenvalue weighted by Crippen LogP contribution is -1.97. The number of carbonyl (C=O) groups is 1. The van der Waals surface area contributed by atoms with E-state index < -0.39 is 0 Å². The van der Waals surface area contributed by atoms with Gasteiger partial charge in [0, 0.05) is 16.7 Å². The average molecular weight is 241 g/mol. The highest BCUT2D eigenvalue weighted by Crippen LogP contribution is 2.40. The van der Waals surface area contributed by atoms with Gasteiger partial charge in [-0.05, 0) is 5.56 Å². The third-order valence-corrected chi connectivity index (χ3v) is 3.31. The van der Waals surface area contributed by atoms with Gasteiger partial charge in [-0.2, -0.15) is 0 Å². The molecule has 0 radical (unpaired) electrons. The van der Waals surface area contributed by atoms with Crippen molar-refractivity contribution in [1.29, 1.82) is 0 Å². The van der Waals surface area contributed by atoms with Crippen molar-refractivity contribution in [3.05, 3.63) is 71.3 Å². The zero-order valence-electron chi connectivity index (χ0n) is 8.98. The van der Waals surface area contributed by atoms with Crippen LogP contribution in [0.2, 0.25) is 0 Å². The number of halogens is 1. The molecule has 0 saturated heterocycles. The monoisotopic (exact) mass is 240 g/mol. The van der Waals surface area contributed by atoms with Crippen LogP contribution >= 0.6 is 11.6 Å². The lowest BCUT2D eigenvalue weighted by molar-refractivity contribution is 0.105. The molecular formula is C15H9ClO. The standard InChI is InChI=1S/C15H9ClO/c16-14-11-8-4-5-9-12(11)15(17)13(14)10-6-2-1-3-7-10/h1-9H. The number of ketones is 1. The number of Topliss-reactive ketones (excluding diaryl/α,β-unsaturated/α-hetero) is 1. The largest absolute Gasteiger partial charge is 0.289 e. The van der Waals surface area contributed by atoms with E-state index in [0.29, 0.717) is 16.2 Å². The van der Waals surface area contributed by atoms with Gasteiger partial charge in [-0.25, -0.2) is 0 Å². The molecule has 0 aromatic heterocycles. The fourth-order valence-corrected chi connectivity index (χ4v) is 2.46. The van der Waals surface area contributed by atoms with Crippen LogP contribution in [0.5, 0.6) is 0 Å². The summed E-state index contributed by atoms with van der Waals surface area (Å²) in [5, 5.41) is 0.553. The molecule has 0 saturated carbocycles. The number of benzene rings is 2. The molecule has 1 aliphatic carbocycles. The van der Waals surface area contributed by atoms with Crippen LogP contribution in [0.25, 0.3) is 10.6 Å². The molecule has 82 valence electrons. The summed E-state index contributed by atoms with van der Waals surface area (Å²) in [6.07, 6.45) is 0. The molecule has 0 aliphatic heterocycles.